The molecule has 20 heavy (non-hydrogen) atoms. The van der Waals surface area contributed by atoms with E-state index in [2.05, 4.69) is 10.3 Å². The molecule has 6 heteroatoms. The van der Waals surface area contributed by atoms with Crippen LogP contribution in [0.1, 0.15) is 12.5 Å². The Kier molecular flexibility index (Phi) is 4.05. The molecule has 0 fully saturated rings. The summed E-state index contributed by atoms with van der Waals surface area (Å²) >= 11 is 0. The first-order valence-electron chi connectivity index (χ1n) is 6.33. The van der Waals surface area contributed by atoms with Gasteiger partial charge in [-0.05, 0) is 25.0 Å². The number of carboxylic acids is 1. The van der Waals surface area contributed by atoms with Gasteiger partial charge in [-0.2, -0.15) is 0 Å². The van der Waals surface area contributed by atoms with Crippen LogP contribution >= 0.6 is 0 Å². The number of aromatic amines is 1. The van der Waals surface area contributed by atoms with Crippen LogP contribution in [0.25, 0.3) is 10.9 Å². The highest BCUT2D eigenvalue weighted by Crippen LogP contribution is 2.18. The minimum absolute atomic E-state index is 0.349. The first kappa shape index (κ1) is 14.1. The van der Waals surface area contributed by atoms with Gasteiger partial charge in [0.2, 0.25) is 5.91 Å². The van der Waals surface area contributed by atoms with Gasteiger partial charge in [0.25, 0.3) is 0 Å². The van der Waals surface area contributed by atoms with Crippen molar-refractivity contribution in [2.75, 3.05) is 0 Å². The average molecular weight is 275 g/mol. The lowest BCUT2D eigenvalue weighted by molar-refractivity contribution is -0.141. The molecule has 5 N–H and O–H groups in total. The lowest BCUT2D eigenvalue weighted by Gasteiger charge is -2.14. The van der Waals surface area contributed by atoms with Gasteiger partial charge in [0.15, 0.2) is 0 Å². The standard InChI is InChI=1S/C14H17N3O3/c1-8(14(19)20)17-13(18)11(15)6-9-7-16-12-5-3-2-4-10(9)12/h2-5,7-8,11,16H,6,15H2,1H3,(H,17,18)(H,19,20)/t8?,11-/m1/s1. The fourth-order valence-electron chi connectivity index (χ4n) is 2.01. The molecule has 1 heterocycles. The molecule has 1 aromatic carbocycles. The predicted octanol–water partition coefficient (Wildman–Crippen LogP) is 0.627. The SMILES string of the molecule is CC(NC(=O)[C@H](N)Cc1c[nH]c2ccccc12)C(=O)O. The summed E-state index contributed by atoms with van der Waals surface area (Å²) in [5.41, 5.74) is 7.75. The zero-order valence-corrected chi connectivity index (χ0v) is 11.1. The summed E-state index contributed by atoms with van der Waals surface area (Å²) in [5, 5.41) is 12.1. The number of amides is 1. The van der Waals surface area contributed by atoms with Crippen molar-refractivity contribution in [1.82, 2.24) is 10.3 Å². The zero-order valence-electron chi connectivity index (χ0n) is 11.1. The average Bonchev–Trinajstić information content (AvgIpc) is 2.82. The van der Waals surface area contributed by atoms with Crippen LogP contribution in [0.2, 0.25) is 0 Å². The Balaban J connectivity index is 2.06. The van der Waals surface area contributed by atoms with Gasteiger partial charge in [0.1, 0.15) is 6.04 Å². The van der Waals surface area contributed by atoms with E-state index >= 15 is 0 Å². The molecule has 106 valence electrons. The molecule has 1 unspecified atom stereocenters. The Bertz CT molecular complexity index is 635. The molecule has 0 saturated carbocycles. The molecule has 0 saturated heterocycles. The van der Waals surface area contributed by atoms with Crippen molar-refractivity contribution >= 4 is 22.8 Å². The number of nitrogens with one attached hydrogen (secondary N) is 2. The summed E-state index contributed by atoms with van der Waals surface area (Å²) in [6.45, 7) is 1.40. The van der Waals surface area contributed by atoms with E-state index in [0.717, 1.165) is 16.5 Å². The number of carbonyl (C=O) groups is 2. The monoisotopic (exact) mass is 275 g/mol. The third-order valence-electron chi connectivity index (χ3n) is 3.18. The number of fused-ring (bicyclic) bond motifs is 1. The maximum Gasteiger partial charge on any atom is 0.325 e. The third-order valence-corrected chi connectivity index (χ3v) is 3.18. The summed E-state index contributed by atoms with van der Waals surface area (Å²) in [7, 11) is 0. The van der Waals surface area contributed by atoms with Crippen molar-refractivity contribution in [2.45, 2.75) is 25.4 Å². The van der Waals surface area contributed by atoms with Crippen LogP contribution in [-0.4, -0.2) is 34.1 Å². The number of aromatic nitrogens is 1. The molecule has 0 bridgehead atoms. The van der Waals surface area contributed by atoms with Gasteiger partial charge < -0.3 is 21.1 Å². The number of carboxylic acid groups (broad SMARTS) is 1. The molecule has 0 spiro atoms. The number of benzene rings is 1. The number of hydrogen-bond acceptors (Lipinski definition) is 3. The van der Waals surface area contributed by atoms with Gasteiger partial charge in [-0.25, -0.2) is 0 Å². The number of nitrogens with two attached hydrogens (primary N) is 1. The predicted molar refractivity (Wildman–Crippen MR) is 75.2 cm³/mol. The van der Waals surface area contributed by atoms with E-state index < -0.39 is 24.0 Å². The Morgan fingerprint density at radius 3 is 2.80 bits per heavy atom. The van der Waals surface area contributed by atoms with E-state index in [-0.39, 0.29) is 0 Å². The molecule has 1 aromatic heterocycles. The first-order valence-corrected chi connectivity index (χ1v) is 6.33. The van der Waals surface area contributed by atoms with Crippen LogP contribution in [0, 0.1) is 0 Å². The fraction of sp³-hybridized carbons (Fsp3) is 0.286. The minimum Gasteiger partial charge on any atom is -0.480 e. The molecule has 0 aliphatic heterocycles. The van der Waals surface area contributed by atoms with Crippen LogP contribution in [0.15, 0.2) is 30.5 Å². The van der Waals surface area contributed by atoms with E-state index in [1.165, 1.54) is 6.92 Å². The summed E-state index contributed by atoms with van der Waals surface area (Å²) in [5.74, 6) is -1.55. The molecule has 0 aliphatic rings. The smallest absolute Gasteiger partial charge is 0.325 e. The van der Waals surface area contributed by atoms with Gasteiger partial charge in [-0.1, -0.05) is 18.2 Å². The van der Waals surface area contributed by atoms with Crippen LogP contribution in [0.4, 0.5) is 0 Å². The summed E-state index contributed by atoms with van der Waals surface area (Å²) < 4.78 is 0. The Morgan fingerprint density at radius 2 is 2.10 bits per heavy atom. The third kappa shape index (κ3) is 2.97. The highest BCUT2D eigenvalue weighted by Gasteiger charge is 2.20. The molecule has 2 aromatic rings. The number of hydrogen-bond donors (Lipinski definition) is 4. The lowest BCUT2D eigenvalue weighted by atomic mass is 10.0. The Labute approximate surface area is 116 Å². The number of rotatable bonds is 5. The minimum atomic E-state index is -1.09. The van der Waals surface area contributed by atoms with Crippen LogP contribution in [-0.2, 0) is 16.0 Å². The molecule has 0 aliphatic carbocycles. The first-order chi connectivity index (χ1) is 9.49. The second-order valence-electron chi connectivity index (χ2n) is 4.74. The number of H-pyrrole nitrogens is 1. The summed E-state index contributed by atoms with van der Waals surface area (Å²) in [4.78, 5) is 25.6. The van der Waals surface area contributed by atoms with E-state index in [0.29, 0.717) is 6.42 Å². The quantitative estimate of drug-likeness (QED) is 0.641. The van der Waals surface area contributed by atoms with Crippen LogP contribution in [0.5, 0.6) is 0 Å². The van der Waals surface area contributed by atoms with Crippen LogP contribution in [0.3, 0.4) is 0 Å². The van der Waals surface area contributed by atoms with Crippen molar-refractivity contribution in [3.63, 3.8) is 0 Å². The van der Waals surface area contributed by atoms with Gasteiger partial charge in [0, 0.05) is 17.1 Å². The summed E-state index contributed by atoms with van der Waals surface area (Å²) in [6.07, 6.45) is 2.17. The van der Waals surface area contributed by atoms with Gasteiger partial charge in [0.05, 0.1) is 6.04 Å². The molecule has 2 rings (SSSR count). The van der Waals surface area contributed by atoms with Gasteiger partial charge >= 0.3 is 5.97 Å². The normalized spacial score (nSPS) is 13.9. The molecule has 1 amide bonds. The van der Waals surface area contributed by atoms with E-state index in [1.807, 2.05) is 30.5 Å². The summed E-state index contributed by atoms with van der Waals surface area (Å²) in [6, 6.07) is 6.00. The van der Waals surface area contributed by atoms with Gasteiger partial charge in [-0.3, -0.25) is 9.59 Å². The number of para-hydroxylation sites is 1. The Morgan fingerprint density at radius 1 is 1.40 bits per heavy atom. The second-order valence-corrected chi connectivity index (χ2v) is 4.74. The highest BCUT2D eigenvalue weighted by atomic mass is 16.4. The molecular weight excluding hydrogens is 258 g/mol. The van der Waals surface area contributed by atoms with Crippen LogP contribution < -0.4 is 11.1 Å². The molecule has 0 radical (unpaired) electrons. The van der Waals surface area contributed by atoms with Crippen molar-refractivity contribution < 1.29 is 14.7 Å². The van der Waals surface area contributed by atoms with Crippen molar-refractivity contribution in [2.24, 2.45) is 5.73 Å². The van der Waals surface area contributed by atoms with Crippen molar-refractivity contribution in [3.8, 4) is 0 Å². The molecule has 6 nitrogen and oxygen atoms in total. The maximum absolute atomic E-state index is 11.8. The number of aliphatic carboxylic acids is 1. The fourth-order valence-corrected chi connectivity index (χ4v) is 2.01. The van der Waals surface area contributed by atoms with E-state index in [4.69, 9.17) is 10.8 Å². The van der Waals surface area contributed by atoms with E-state index in [1.54, 1.807) is 0 Å². The van der Waals surface area contributed by atoms with Crippen molar-refractivity contribution in [3.05, 3.63) is 36.0 Å². The van der Waals surface area contributed by atoms with Crippen molar-refractivity contribution in [1.29, 1.82) is 0 Å². The van der Waals surface area contributed by atoms with Gasteiger partial charge in [-0.15, -0.1) is 0 Å². The Hall–Kier alpha value is -2.34. The lowest BCUT2D eigenvalue weighted by Crippen LogP contribution is -2.47. The highest BCUT2D eigenvalue weighted by molar-refractivity contribution is 5.88. The zero-order chi connectivity index (χ0) is 14.7. The topological polar surface area (TPSA) is 108 Å². The second kappa shape index (κ2) is 5.75. The largest absolute Gasteiger partial charge is 0.480 e. The molecule has 2 atom stereocenters. The number of carbonyl (C=O) groups excluding carboxylic acids is 1. The van der Waals surface area contributed by atoms with E-state index in [9.17, 15) is 9.59 Å². The maximum atomic E-state index is 11.8. The molecular formula is C14H17N3O3.